The van der Waals surface area contributed by atoms with E-state index in [1.165, 1.54) is 11.8 Å². The van der Waals surface area contributed by atoms with Crippen LogP contribution in [0.5, 0.6) is 0 Å². The lowest BCUT2D eigenvalue weighted by atomic mass is 10.00. The molecule has 2 nitrogen and oxygen atoms in total. The predicted octanol–water partition coefficient (Wildman–Crippen LogP) is 1.85. The zero-order valence-corrected chi connectivity index (χ0v) is 9.49. The van der Waals surface area contributed by atoms with Crippen molar-refractivity contribution in [3.05, 3.63) is 0 Å². The summed E-state index contributed by atoms with van der Waals surface area (Å²) in [5.41, 5.74) is -0.197. The van der Waals surface area contributed by atoms with E-state index >= 15 is 0 Å². The molecular weight excluding hydrogens is 170 g/mol. The van der Waals surface area contributed by atoms with E-state index in [4.69, 9.17) is 0 Å². The monoisotopic (exact) mass is 189 g/mol. The molecule has 0 saturated heterocycles. The molecule has 0 aromatic heterocycles. The van der Waals surface area contributed by atoms with E-state index in [1.807, 2.05) is 34.9 Å². The number of carbonyl (C=O) groups is 1. The summed E-state index contributed by atoms with van der Waals surface area (Å²) in [6.45, 7) is 6.83. The van der Waals surface area contributed by atoms with Gasteiger partial charge in [0.2, 0.25) is 0 Å². The van der Waals surface area contributed by atoms with Crippen LogP contribution >= 0.6 is 11.8 Å². The average molecular weight is 189 g/mol. The minimum absolute atomic E-state index is 0.197. The number of hydrogen-bond acceptors (Lipinski definition) is 3. The van der Waals surface area contributed by atoms with E-state index < -0.39 is 0 Å². The minimum atomic E-state index is -0.197. The Balaban J connectivity index is 3.59. The van der Waals surface area contributed by atoms with E-state index in [0.717, 1.165) is 12.3 Å². The van der Waals surface area contributed by atoms with Crippen molar-refractivity contribution in [2.45, 2.75) is 20.8 Å². The second-order valence-corrected chi connectivity index (χ2v) is 5.26. The number of carbonyl (C=O) groups excluding carboxylic acids is 1. The van der Waals surface area contributed by atoms with Gasteiger partial charge in [-0.05, 0) is 14.1 Å². The number of rotatable bonds is 3. The van der Waals surface area contributed by atoms with Gasteiger partial charge in [0.1, 0.15) is 0 Å². The largest absolute Gasteiger partial charge is 0.309 e. The van der Waals surface area contributed by atoms with Crippen LogP contribution in [-0.2, 0) is 4.79 Å². The summed E-state index contributed by atoms with van der Waals surface area (Å²) in [5, 5.41) is 0.282. The number of nitrogens with zero attached hydrogens (tertiary/aromatic N) is 1. The summed E-state index contributed by atoms with van der Waals surface area (Å²) < 4.78 is 0. The van der Waals surface area contributed by atoms with Crippen molar-refractivity contribution in [3.63, 3.8) is 0 Å². The predicted molar refractivity (Wildman–Crippen MR) is 55.5 cm³/mol. The van der Waals surface area contributed by atoms with Gasteiger partial charge in [-0.1, -0.05) is 32.5 Å². The van der Waals surface area contributed by atoms with E-state index in [9.17, 15) is 4.79 Å². The Hall–Kier alpha value is -0.0200. The summed E-state index contributed by atoms with van der Waals surface area (Å²) in [7, 11) is 4.03. The molecular formula is C9H19NOS. The Kier molecular flexibility index (Phi) is 4.87. The Morgan fingerprint density at radius 3 is 2.17 bits per heavy atom. The van der Waals surface area contributed by atoms with Gasteiger partial charge in [-0.25, -0.2) is 0 Å². The van der Waals surface area contributed by atoms with E-state index in [1.54, 1.807) is 0 Å². The molecule has 3 heteroatoms. The highest BCUT2D eigenvalue weighted by atomic mass is 32.2. The van der Waals surface area contributed by atoms with Crippen molar-refractivity contribution < 1.29 is 4.79 Å². The van der Waals surface area contributed by atoms with E-state index in [0.29, 0.717) is 0 Å². The second-order valence-electron chi connectivity index (χ2n) is 4.19. The molecule has 0 saturated carbocycles. The van der Waals surface area contributed by atoms with Crippen molar-refractivity contribution in [3.8, 4) is 0 Å². The van der Waals surface area contributed by atoms with Crippen LogP contribution in [0.3, 0.4) is 0 Å². The molecule has 0 aromatic rings. The molecule has 0 aliphatic rings. The van der Waals surface area contributed by atoms with Crippen molar-refractivity contribution in [2.75, 3.05) is 26.4 Å². The lowest BCUT2D eigenvalue weighted by molar-refractivity contribution is -0.117. The van der Waals surface area contributed by atoms with Crippen molar-refractivity contribution in [1.29, 1.82) is 0 Å². The molecule has 0 spiro atoms. The van der Waals surface area contributed by atoms with Gasteiger partial charge in [0.25, 0.3) is 0 Å². The van der Waals surface area contributed by atoms with Gasteiger partial charge in [-0.15, -0.1) is 0 Å². The van der Waals surface area contributed by atoms with Gasteiger partial charge < -0.3 is 4.90 Å². The van der Waals surface area contributed by atoms with Crippen LogP contribution in [-0.4, -0.2) is 36.4 Å². The topological polar surface area (TPSA) is 20.3 Å². The van der Waals surface area contributed by atoms with Crippen molar-refractivity contribution in [1.82, 2.24) is 4.90 Å². The fraction of sp³-hybridized carbons (Fsp3) is 0.889. The summed E-state index contributed by atoms with van der Waals surface area (Å²) in [6, 6.07) is 0. The lowest BCUT2D eigenvalue weighted by Crippen LogP contribution is -2.20. The zero-order chi connectivity index (χ0) is 9.78. The molecule has 0 aliphatic carbocycles. The summed E-state index contributed by atoms with van der Waals surface area (Å²) >= 11 is 1.43. The normalized spacial score (nSPS) is 12.2. The maximum Gasteiger partial charge on any atom is 0.194 e. The standard InChI is InChI=1S/C9H19NOS/c1-9(2,3)8(11)12-7-6-10(4)5/h6-7H2,1-5H3. The van der Waals surface area contributed by atoms with Gasteiger partial charge >= 0.3 is 0 Å². The second kappa shape index (κ2) is 4.87. The molecule has 0 rings (SSSR count). The van der Waals surface area contributed by atoms with Crippen LogP contribution in [0.2, 0.25) is 0 Å². The first-order chi connectivity index (χ1) is 5.34. The number of hydrogen-bond donors (Lipinski definition) is 0. The van der Waals surface area contributed by atoms with Gasteiger partial charge in [0.05, 0.1) is 0 Å². The number of thioether (sulfide) groups is 1. The quantitative estimate of drug-likeness (QED) is 0.676. The molecule has 0 atom stereocenters. The highest BCUT2D eigenvalue weighted by Gasteiger charge is 2.20. The molecule has 0 amide bonds. The Morgan fingerprint density at radius 2 is 1.83 bits per heavy atom. The zero-order valence-electron chi connectivity index (χ0n) is 8.68. The van der Waals surface area contributed by atoms with E-state index in [2.05, 4.69) is 4.90 Å². The summed E-state index contributed by atoms with van der Waals surface area (Å²) in [6.07, 6.45) is 0. The van der Waals surface area contributed by atoms with E-state index in [-0.39, 0.29) is 10.5 Å². The average Bonchev–Trinajstić information content (AvgIpc) is 1.84. The molecule has 0 aromatic carbocycles. The molecule has 72 valence electrons. The molecule has 0 fully saturated rings. The Labute approximate surface area is 79.7 Å². The Bertz CT molecular complexity index is 149. The van der Waals surface area contributed by atoms with Crippen LogP contribution < -0.4 is 0 Å². The summed E-state index contributed by atoms with van der Waals surface area (Å²) in [4.78, 5) is 13.5. The summed E-state index contributed by atoms with van der Waals surface area (Å²) in [5.74, 6) is 0.892. The van der Waals surface area contributed by atoms with Gasteiger partial charge in [-0.3, -0.25) is 4.79 Å². The van der Waals surface area contributed by atoms with Gasteiger partial charge in [0, 0.05) is 17.7 Å². The van der Waals surface area contributed by atoms with Gasteiger partial charge in [0.15, 0.2) is 5.12 Å². The van der Waals surface area contributed by atoms with Crippen molar-refractivity contribution in [2.24, 2.45) is 5.41 Å². The molecule has 0 bridgehead atoms. The minimum Gasteiger partial charge on any atom is -0.309 e. The maximum absolute atomic E-state index is 11.4. The SMILES string of the molecule is CN(C)CCSC(=O)C(C)(C)C. The van der Waals surface area contributed by atoms with Gasteiger partial charge in [-0.2, -0.15) is 0 Å². The highest BCUT2D eigenvalue weighted by Crippen LogP contribution is 2.22. The van der Waals surface area contributed by atoms with Crippen LogP contribution in [0.25, 0.3) is 0 Å². The van der Waals surface area contributed by atoms with Crippen LogP contribution in [0, 0.1) is 5.41 Å². The smallest absolute Gasteiger partial charge is 0.194 e. The maximum atomic E-state index is 11.4. The molecule has 0 heterocycles. The Morgan fingerprint density at radius 1 is 1.33 bits per heavy atom. The highest BCUT2D eigenvalue weighted by molar-refractivity contribution is 8.13. The fourth-order valence-electron chi connectivity index (χ4n) is 0.537. The first kappa shape index (κ1) is 12.0. The third-order valence-electron chi connectivity index (χ3n) is 1.38. The molecule has 0 N–H and O–H groups in total. The molecule has 0 unspecified atom stereocenters. The lowest BCUT2D eigenvalue weighted by Gasteiger charge is -2.16. The molecule has 12 heavy (non-hydrogen) atoms. The third-order valence-corrected chi connectivity index (χ3v) is 2.65. The molecule has 0 aliphatic heterocycles. The van der Waals surface area contributed by atoms with Crippen LogP contribution in [0.1, 0.15) is 20.8 Å². The third kappa shape index (κ3) is 5.61. The fourth-order valence-corrected chi connectivity index (χ4v) is 1.61. The van der Waals surface area contributed by atoms with Crippen molar-refractivity contribution >= 4 is 16.9 Å². The van der Waals surface area contributed by atoms with Crippen LogP contribution in [0.4, 0.5) is 0 Å². The molecule has 0 radical (unpaired) electrons. The first-order valence-corrected chi connectivity index (χ1v) is 5.14. The van der Waals surface area contributed by atoms with Crippen LogP contribution in [0.15, 0.2) is 0 Å². The first-order valence-electron chi connectivity index (χ1n) is 4.16.